The average Bonchev–Trinajstić information content (AvgIpc) is 2.62. The number of carbonyl (C=O) groups excluding carboxylic acids is 2. The lowest BCUT2D eigenvalue weighted by molar-refractivity contribution is 0.0932. The van der Waals surface area contributed by atoms with Crippen molar-refractivity contribution < 1.29 is 9.59 Å². The molecule has 0 radical (unpaired) electrons. The van der Waals surface area contributed by atoms with E-state index in [9.17, 15) is 14.4 Å². The van der Waals surface area contributed by atoms with Gasteiger partial charge in [-0.25, -0.2) is 0 Å². The van der Waals surface area contributed by atoms with Gasteiger partial charge in [0.2, 0.25) is 0 Å². The number of thioether (sulfide) groups is 1. The van der Waals surface area contributed by atoms with E-state index in [-0.39, 0.29) is 17.5 Å². The first kappa shape index (κ1) is 18.3. The number of H-pyrrole nitrogens is 1. The highest BCUT2D eigenvalue weighted by molar-refractivity contribution is 7.97. The number of fused-ring (bicyclic) bond motifs is 1. The molecule has 1 aliphatic rings. The zero-order chi connectivity index (χ0) is 18.7. The predicted octanol–water partition coefficient (Wildman–Crippen LogP) is 2.14. The maximum atomic E-state index is 12.6. The van der Waals surface area contributed by atoms with Crippen LogP contribution in [0.4, 0.5) is 0 Å². The second-order valence-corrected chi connectivity index (χ2v) is 7.22. The van der Waals surface area contributed by atoms with Crippen LogP contribution in [0.3, 0.4) is 0 Å². The van der Waals surface area contributed by atoms with Crippen molar-refractivity contribution in [1.82, 2.24) is 10.3 Å². The Kier molecular flexibility index (Phi) is 5.46. The van der Waals surface area contributed by atoms with Crippen LogP contribution in [0.5, 0.6) is 0 Å². The van der Waals surface area contributed by atoms with E-state index in [1.807, 2.05) is 30.5 Å². The monoisotopic (exact) mass is 371 g/mol. The topological polar surface area (TPSA) is 105 Å². The number of hydrogen-bond donors (Lipinski definition) is 3. The minimum Gasteiger partial charge on any atom is -0.365 e. The van der Waals surface area contributed by atoms with Crippen LogP contribution in [0.1, 0.15) is 56.4 Å². The van der Waals surface area contributed by atoms with E-state index >= 15 is 0 Å². The number of benzene rings is 1. The lowest BCUT2D eigenvalue weighted by Crippen LogP contribution is -2.34. The van der Waals surface area contributed by atoms with Gasteiger partial charge < -0.3 is 16.0 Å². The normalized spacial score (nSPS) is 16.0. The van der Waals surface area contributed by atoms with Crippen LogP contribution < -0.4 is 16.6 Å². The second-order valence-electron chi connectivity index (χ2n) is 6.36. The molecular weight excluding hydrogens is 350 g/mol. The second kappa shape index (κ2) is 7.78. The lowest BCUT2D eigenvalue weighted by Gasteiger charge is -2.26. The van der Waals surface area contributed by atoms with Gasteiger partial charge in [0.15, 0.2) is 0 Å². The van der Waals surface area contributed by atoms with Crippen LogP contribution in [-0.4, -0.2) is 23.1 Å². The minimum atomic E-state index is -0.769. The van der Waals surface area contributed by atoms with Gasteiger partial charge in [0.05, 0.1) is 6.04 Å². The van der Waals surface area contributed by atoms with Crippen molar-refractivity contribution in [2.75, 3.05) is 6.26 Å². The van der Waals surface area contributed by atoms with E-state index in [2.05, 4.69) is 10.3 Å². The Balaban J connectivity index is 1.83. The third kappa shape index (κ3) is 3.83. The van der Waals surface area contributed by atoms with Crippen LogP contribution in [0.2, 0.25) is 0 Å². The molecule has 1 atom stereocenters. The average molecular weight is 371 g/mol. The third-order valence-corrected chi connectivity index (χ3v) is 5.17. The number of primary amides is 1. The predicted molar refractivity (Wildman–Crippen MR) is 102 cm³/mol. The number of nitrogens with two attached hydrogens (primary N) is 1. The molecule has 6 nitrogen and oxygen atoms in total. The Bertz CT molecular complexity index is 890. The van der Waals surface area contributed by atoms with Crippen LogP contribution in [-0.2, 0) is 12.2 Å². The summed E-state index contributed by atoms with van der Waals surface area (Å²) in [5, 5.41) is 3.01. The van der Waals surface area contributed by atoms with Crippen molar-refractivity contribution in [2.24, 2.45) is 5.73 Å². The first-order valence-electron chi connectivity index (χ1n) is 8.44. The standard InChI is InChI=1S/C19H21N3O3S/c1-26-10-11-5-7-12(8-6-11)18(24)21-15-3-2-4-16-13(15)9-14(17(20)23)19(25)22-16/h5-9,15H,2-4,10H2,1H3,(H2,20,23)(H,21,24)(H,22,25). The summed E-state index contributed by atoms with van der Waals surface area (Å²) < 4.78 is 0. The summed E-state index contributed by atoms with van der Waals surface area (Å²) in [4.78, 5) is 38.7. The fourth-order valence-corrected chi connectivity index (χ4v) is 3.76. The fraction of sp³-hybridized carbons (Fsp3) is 0.316. The molecular formula is C19H21N3O3S. The van der Waals surface area contributed by atoms with E-state index in [1.165, 1.54) is 11.6 Å². The smallest absolute Gasteiger partial charge is 0.261 e. The summed E-state index contributed by atoms with van der Waals surface area (Å²) in [6.45, 7) is 0. The van der Waals surface area contributed by atoms with E-state index < -0.39 is 11.5 Å². The molecule has 1 unspecified atom stereocenters. The summed E-state index contributed by atoms with van der Waals surface area (Å²) in [5.74, 6) is -0.0410. The highest BCUT2D eigenvalue weighted by Crippen LogP contribution is 2.28. The summed E-state index contributed by atoms with van der Waals surface area (Å²) in [5.41, 5.74) is 7.99. The molecule has 4 N–H and O–H groups in total. The van der Waals surface area contributed by atoms with Crippen molar-refractivity contribution in [3.8, 4) is 0 Å². The molecule has 1 aromatic carbocycles. The Morgan fingerprint density at radius 2 is 2.04 bits per heavy atom. The minimum absolute atomic E-state index is 0.0775. The molecule has 2 aromatic rings. The molecule has 26 heavy (non-hydrogen) atoms. The van der Waals surface area contributed by atoms with E-state index in [1.54, 1.807) is 11.8 Å². The molecule has 1 aliphatic carbocycles. The first-order valence-corrected chi connectivity index (χ1v) is 9.83. The zero-order valence-electron chi connectivity index (χ0n) is 14.5. The number of carbonyl (C=O) groups is 2. The van der Waals surface area contributed by atoms with Gasteiger partial charge in [-0.3, -0.25) is 14.4 Å². The first-order chi connectivity index (χ1) is 12.5. The summed E-state index contributed by atoms with van der Waals surface area (Å²) in [7, 11) is 0. The van der Waals surface area contributed by atoms with E-state index in [4.69, 9.17) is 5.73 Å². The van der Waals surface area contributed by atoms with E-state index in [0.717, 1.165) is 29.9 Å². The van der Waals surface area contributed by atoms with Crippen LogP contribution >= 0.6 is 11.8 Å². The number of nitrogens with one attached hydrogen (secondary N) is 2. The highest BCUT2D eigenvalue weighted by atomic mass is 32.2. The molecule has 1 heterocycles. The number of aromatic nitrogens is 1. The van der Waals surface area contributed by atoms with Gasteiger partial charge in [-0.1, -0.05) is 12.1 Å². The van der Waals surface area contributed by atoms with Gasteiger partial charge >= 0.3 is 0 Å². The summed E-state index contributed by atoms with van der Waals surface area (Å²) in [6.07, 6.45) is 4.33. The molecule has 136 valence electrons. The fourth-order valence-electron chi connectivity index (χ4n) is 3.23. The van der Waals surface area contributed by atoms with E-state index in [0.29, 0.717) is 12.0 Å². The third-order valence-electron chi connectivity index (χ3n) is 4.55. The molecule has 0 fully saturated rings. The summed E-state index contributed by atoms with van der Waals surface area (Å²) >= 11 is 1.73. The van der Waals surface area contributed by atoms with Gasteiger partial charge in [0.25, 0.3) is 17.4 Å². The van der Waals surface area contributed by atoms with Crippen molar-refractivity contribution in [3.05, 3.63) is 68.6 Å². The number of pyridine rings is 1. The number of aromatic amines is 1. The van der Waals surface area contributed by atoms with Crippen LogP contribution in [0, 0.1) is 0 Å². The van der Waals surface area contributed by atoms with Gasteiger partial charge in [0, 0.05) is 17.0 Å². The maximum Gasteiger partial charge on any atom is 0.261 e. The van der Waals surface area contributed by atoms with Gasteiger partial charge in [0.1, 0.15) is 5.56 Å². The molecule has 7 heteroatoms. The molecule has 0 spiro atoms. The summed E-state index contributed by atoms with van der Waals surface area (Å²) in [6, 6.07) is 8.78. The van der Waals surface area contributed by atoms with Gasteiger partial charge in [-0.05, 0) is 54.8 Å². The molecule has 0 saturated carbocycles. The number of aryl methyl sites for hydroxylation is 1. The zero-order valence-corrected chi connectivity index (χ0v) is 15.3. The highest BCUT2D eigenvalue weighted by Gasteiger charge is 2.25. The molecule has 0 saturated heterocycles. The van der Waals surface area contributed by atoms with Crippen molar-refractivity contribution >= 4 is 23.6 Å². The van der Waals surface area contributed by atoms with Crippen molar-refractivity contribution in [3.63, 3.8) is 0 Å². The Morgan fingerprint density at radius 1 is 1.31 bits per heavy atom. The molecule has 0 bridgehead atoms. The van der Waals surface area contributed by atoms with Gasteiger partial charge in [-0.15, -0.1) is 0 Å². The SMILES string of the molecule is CSCc1ccc(C(=O)NC2CCCc3[nH]c(=O)c(C(N)=O)cc32)cc1. The Labute approximate surface area is 155 Å². The number of hydrogen-bond acceptors (Lipinski definition) is 4. The quantitative estimate of drug-likeness (QED) is 0.749. The Morgan fingerprint density at radius 3 is 2.69 bits per heavy atom. The van der Waals surface area contributed by atoms with Crippen LogP contribution in [0.15, 0.2) is 35.1 Å². The molecule has 2 amide bonds. The molecule has 1 aromatic heterocycles. The maximum absolute atomic E-state index is 12.6. The van der Waals surface area contributed by atoms with Crippen LogP contribution in [0.25, 0.3) is 0 Å². The molecule has 0 aliphatic heterocycles. The largest absolute Gasteiger partial charge is 0.365 e. The number of amides is 2. The van der Waals surface area contributed by atoms with Crippen molar-refractivity contribution in [2.45, 2.75) is 31.1 Å². The number of rotatable bonds is 5. The van der Waals surface area contributed by atoms with Crippen molar-refractivity contribution in [1.29, 1.82) is 0 Å². The Hall–Kier alpha value is -2.54. The lowest BCUT2D eigenvalue weighted by atomic mass is 9.90. The van der Waals surface area contributed by atoms with Gasteiger partial charge in [-0.2, -0.15) is 11.8 Å². The molecule has 3 rings (SSSR count).